The van der Waals surface area contributed by atoms with Gasteiger partial charge in [-0.2, -0.15) is 0 Å². The molecule has 3 rings (SSSR count). The Morgan fingerprint density at radius 3 is 1.84 bits per heavy atom. The lowest BCUT2D eigenvalue weighted by atomic mass is 9.91. The first-order chi connectivity index (χ1) is 21.4. The standard InChI is InChI=1S/C36H50O7SSi/c1-28(17-16-24-37)35(38)34(44(39,40)30-18-10-7-11-19-30)25-29(2)33(42-27-41-6)26-43-45(36(3,4)5,31-20-12-8-13-21-31)32-22-14-9-15-23-32/h7-15,18-23,28-29,33-34,37H,16-17,24-27H2,1-6H3/t28?,29-,33+,34?/m0/s1. The fourth-order valence-electron chi connectivity index (χ4n) is 6.02. The third-order valence-corrected chi connectivity index (χ3v) is 15.7. The van der Waals surface area contributed by atoms with Crippen LogP contribution in [0.3, 0.4) is 0 Å². The second kappa shape index (κ2) is 16.8. The van der Waals surface area contributed by atoms with Crippen molar-refractivity contribution in [3.05, 3.63) is 91.0 Å². The monoisotopic (exact) mass is 654 g/mol. The van der Waals surface area contributed by atoms with E-state index in [1.807, 2.05) is 43.3 Å². The molecule has 0 saturated carbocycles. The van der Waals surface area contributed by atoms with Gasteiger partial charge in [0, 0.05) is 19.6 Å². The van der Waals surface area contributed by atoms with Crippen molar-refractivity contribution in [3.63, 3.8) is 0 Å². The summed E-state index contributed by atoms with van der Waals surface area (Å²) < 4.78 is 46.6. The van der Waals surface area contributed by atoms with Gasteiger partial charge in [-0.3, -0.25) is 4.79 Å². The quantitative estimate of drug-likeness (QED) is 0.145. The first-order valence-corrected chi connectivity index (χ1v) is 19.1. The van der Waals surface area contributed by atoms with Gasteiger partial charge in [0.1, 0.15) is 12.0 Å². The lowest BCUT2D eigenvalue weighted by molar-refractivity contribution is -0.124. The molecule has 0 aliphatic heterocycles. The number of carbonyl (C=O) groups is 1. The van der Waals surface area contributed by atoms with E-state index in [0.717, 1.165) is 10.4 Å². The normalized spacial score (nSPS) is 15.3. The first kappa shape index (κ1) is 36.8. The van der Waals surface area contributed by atoms with Crippen LogP contribution in [-0.4, -0.2) is 66.1 Å². The van der Waals surface area contributed by atoms with E-state index < -0.39 is 35.4 Å². The number of methoxy groups -OCH3 is 1. The highest BCUT2D eigenvalue weighted by Crippen LogP contribution is 2.37. The van der Waals surface area contributed by atoms with Gasteiger partial charge in [0.25, 0.3) is 8.32 Å². The number of hydrogen-bond acceptors (Lipinski definition) is 7. The molecule has 246 valence electrons. The summed E-state index contributed by atoms with van der Waals surface area (Å²) in [5, 5.41) is 10.1. The summed E-state index contributed by atoms with van der Waals surface area (Å²) in [6, 6.07) is 28.7. The molecule has 0 bridgehead atoms. The fraction of sp³-hybridized carbons (Fsp3) is 0.472. The van der Waals surface area contributed by atoms with Crippen LogP contribution in [0.15, 0.2) is 95.9 Å². The lowest BCUT2D eigenvalue weighted by Crippen LogP contribution is -2.67. The number of sulfone groups is 1. The number of rotatable bonds is 18. The van der Waals surface area contributed by atoms with Crippen LogP contribution in [0.4, 0.5) is 0 Å². The Bertz CT molecular complexity index is 1370. The summed E-state index contributed by atoms with van der Waals surface area (Å²) in [5.74, 6) is -1.26. The molecule has 3 aromatic carbocycles. The molecule has 9 heteroatoms. The topological polar surface area (TPSA) is 99.1 Å². The fourth-order valence-corrected chi connectivity index (χ4v) is 12.5. The van der Waals surface area contributed by atoms with E-state index in [2.05, 4.69) is 45.0 Å². The molecule has 4 atom stereocenters. The number of carbonyl (C=O) groups excluding carboxylic acids is 1. The van der Waals surface area contributed by atoms with E-state index >= 15 is 0 Å². The Morgan fingerprint density at radius 2 is 1.38 bits per heavy atom. The van der Waals surface area contributed by atoms with Crippen LogP contribution in [0.1, 0.15) is 53.9 Å². The van der Waals surface area contributed by atoms with E-state index in [9.17, 15) is 18.3 Å². The summed E-state index contributed by atoms with van der Waals surface area (Å²) in [6.07, 6.45) is 0.330. The molecule has 0 spiro atoms. The number of ether oxygens (including phenoxy) is 2. The molecule has 2 unspecified atom stereocenters. The SMILES string of the molecule is COCO[C@H](CO[Si](c1ccccc1)(c1ccccc1)C(C)(C)C)[C@@H](C)CC(C(=O)C(C)CCCO)S(=O)(=O)c1ccccc1. The van der Waals surface area contributed by atoms with Crippen molar-refractivity contribution in [1.29, 1.82) is 0 Å². The predicted octanol–water partition coefficient (Wildman–Crippen LogP) is 5.40. The van der Waals surface area contributed by atoms with Crippen molar-refractivity contribution < 1.29 is 32.2 Å². The molecule has 0 aliphatic carbocycles. The van der Waals surface area contributed by atoms with Gasteiger partial charge in [0.05, 0.1) is 17.6 Å². The molecule has 45 heavy (non-hydrogen) atoms. The highest BCUT2D eigenvalue weighted by atomic mass is 32.2. The van der Waals surface area contributed by atoms with Gasteiger partial charge in [-0.15, -0.1) is 0 Å². The van der Waals surface area contributed by atoms with Crippen LogP contribution in [0.2, 0.25) is 5.04 Å². The minimum absolute atomic E-state index is 0.00390. The Hall–Kier alpha value is -2.66. The second-order valence-corrected chi connectivity index (χ2v) is 19.3. The van der Waals surface area contributed by atoms with Gasteiger partial charge < -0.3 is 19.0 Å². The third kappa shape index (κ3) is 8.99. The van der Waals surface area contributed by atoms with Gasteiger partial charge >= 0.3 is 0 Å². The number of aliphatic hydroxyl groups excluding tert-OH is 1. The molecule has 0 fully saturated rings. The highest BCUT2D eigenvalue weighted by molar-refractivity contribution is 7.92. The van der Waals surface area contributed by atoms with Crippen molar-refractivity contribution in [2.24, 2.45) is 11.8 Å². The summed E-state index contributed by atoms with van der Waals surface area (Å²) in [7, 11) is -5.37. The maximum atomic E-state index is 14.0. The Kier molecular flexibility index (Phi) is 13.7. The zero-order valence-corrected chi connectivity index (χ0v) is 29.3. The number of aliphatic hydroxyl groups is 1. The molecular formula is C36H50O7SSi. The minimum Gasteiger partial charge on any atom is -0.405 e. The molecule has 0 heterocycles. The molecule has 3 aromatic rings. The number of Topliss-reactive ketones (excluding diaryl/α,β-unsaturated/α-hetero) is 1. The maximum Gasteiger partial charge on any atom is 0.261 e. The first-order valence-electron chi connectivity index (χ1n) is 15.7. The summed E-state index contributed by atoms with van der Waals surface area (Å²) >= 11 is 0. The van der Waals surface area contributed by atoms with Crippen LogP contribution in [-0.2, 0) is 28.5 Å². The molecule has 0 saturated heterocycles. The zero-order valence-electron chi connectivity index (χ0n) is 27.5. The Morgan fingerprint density at radius 1 is 0.867 bits per heavy atom. The summed E-state index contributed by atoms with van der Waals surface area (Å²) in [5.41, 5.74) is 0. The van der Waals surface area contributed by atoms with E-state index in [-0.39, 0.29) is 48.1 Å². The Labute approximate surface area is 271 Å². The lowest BCUT2D eigenvalue weighted by Gasteiger charge is -2.44. The third-order valence-electron chi connectivity index (χ3n) is 8.55. The van der Waals surface area contributed by atoms with Crippen LogP contribution in [0.5, 0.6) is 0 Å². The molecular weight excluding hydrogens is 605 g/mol. The van der Waals surface area contributed by atoms with E-state index in [0.29, 0.717) is 12.8 Å². The number of benzene rings is 3. The van der Waals surface area contributed by atoms with Crippen molar-refractivity contribution >= 4 is 34.3 Å². The minimum atomic E-state index is -4.00. The van der Waals surface area contributed by atoms with Gasteiger partial charge in [-0.05, 0) is 52.7 Å². The molecule has 7 nitrogen and oxygen atoms in total. The maximum absolute atomic E-state index is 14.0. The second-order valence-electron chi connectivity index (χ2n) is 12.8. The Balaban J connectivity index is 2.02. The van der Waals surface area contributed by atoms with E-state index in [1.165, 1.54) is 12.1 Å². The van der Waals surface area contributed by atoms with Gasteiger partial charge in [-0.1, -0.05) is 113 Å². The van der Waals surface area contributed by atoms with Crippen molar-refractivity contribution in [2.75, 3.05) is 27.1 Å². The van der Waals surface area contributed by atoms with Crippen molar-refractivity contribution in [1.82, 2.24) is 0 Å². The largest absolute Gasteiger partial charge is 0.405 e. The van der Waals surface area contributed by atoms with Gasteiger partial charge in [-0.25, -0.2) is 8.42 Å². The number of hydrogen-bond donors (Lipinski definition) is 1. The van der Waals surface area contributed by atoms with E-state index in [4.69, 9.17) is 13.9 Å². The predicted molar refractivity (Wildman–Crippen MR) is 182 cm³/mol. The molecule has 0 radical (unpaired) electrons. The average molecular weight is 655 g/mol. The molecule has 0 amide bonds. The van der Waals surface area contributed by atoms with Crippen LogP contribution < -0.4 is 10.4 Å². The molecule has 0 aliphatic rings. The van der Waals surface area contributed by atoms with Crippen LogP contribution >= 0.6 is 0 Å². The highest BCUT2D eigenvalue weighted by Gasteiger charge is 2.51. The zero-order chi connectivity index (χ0) is 33.1. The molecule has 1 N–H and O–H groups in total. The summed E-state index contributed by atoms with van der Waals surface area (Å²) in [4.78, 5) is 13.9. The van der Waals surface area contributed by atoms with Crippen LogP contribution in [0.25, 0.3) is 0 Å². The smallest absolute Gasteiger partial charge is 0.261 e. The van der Waals surface area contributed by atoms with Gasteiger partial charge in [0.2, 0.25) is 0 Å². The average Bonchev–Trinajstić information content (AvgIpc) is 3.04. The molecule has 0 aromatic heterocycles. The number of ketones is 1. The van der Waals surface area contributed by atoms with Gasteiger partial charge in [0.15, 0.2) is 15.6 Å². The summed E-state index contributed by atoms with van der Waals surface area (Å²) in [6.45, 7) is 10.4. The van der Waals surface area contributed by atoms with E-state index in [1.54, 1.807) is 32.2 Å². The van der Waals surface area contributed by atoms with Crippen molar-refractivity contribution in [2.45, 2.75) is 75.2 Å². The van der Waals surface area contributed by atoms with Crippen molar-refractivity contribution in [3.8, 4) is 0 Å². The van der Waals surface area contributed by atoms with Crippen LogP contribution in [0, 0.1) is 11.8 Å².